The highest BCUT2D eigenvalue weighted by atomic mass is 19.4. The standard InChI is InChI=1S/C6H8F3NO2/c7-6(8,9)3-12-5(11)10-4-1-2-4/h4H,1-3H2,(H,10,11). The van der Waals surface area contributed by atoms with Gasteiger partial charge in [-0.3, -0.25) is 0 Å². The van der Waals surface area contributed by atoms with E-state index < -0.39 is 18.9 Å². The second-order valence-electron chi connectivity index (χ2n) is 2.61. The second kappa shape index (κ2) is 3.20. The zero-order valence-corrected chi connectivity index (χ0v) is 6.15. The van der Waals surface area contributed by atoms with Crippen LogP contribution in [0.2, 0.25) is 0 Å². The van der Waals surface area contributed by atoms with E-state index >= 15 is 0 Å². The summed E-state index contributed by atoms with van der Waals surface area (Å²) in [5.74, 6) is 0. The van der Waals surface area contributed by atoms with E-state index in [-0.39, 0.29) is 6.04 Å². The minimum absolute atomic E-state index is 0.0192. The molecule has 0 aromatic carbocycles. The first-order valence-electron chi connectivity index (χ1n) is 3.47. The molecule has 1 fully saturated rings. The van der Waals surface area contributed by atoms with Crippen molar-refractivity contribution < 1.29 is 22.7 Å². The van der Waals surface area contributed by atoms with Crippen LogP contribution in [-0.2, 0) is 4.74 Å². The van der Waals surface area contributed by atoms with Crippen molar-refractivity contribution >= 4 is 6.09 Å². The summed E-state index contributed by atoms with van der Waals surface area (Å²) < 4.78 is 38.3. The van der Waals surface area contributed by atoms with Crippen LogP contribution >= 0.6 is 0 Å². The molecule has 1 amide bonds. The van der Waals surface area contributed by atoms with Gasteiger partial charge in [0.15, 0.2) is 6.61 Å². The summed E-state index contributed by atoms with van der Waals surface area (Å²) in [4.78, 5) is 10.5. The minimum atomic E-state index is -4.44. The number of carbonyl (C=O) groups excluding carboxylic acids is 1. The van der Waals surface area contributed by atoms with E-state index in [1.54, 1.807) is 0 Å². The highest BCUT2D eigenvalue weighted by Gasteiger charge is 2.31. The van der Waals surface area contributed by atoms with Crippen LogP contribution in [0.4, 0.5) is 18.0 Å². The Morgan fingerprint density at radius 1 is 1.50 bits per heavy atom. The maximum Gasteiger partial charge on any atom is 0.422 e. The SMILES string of the molecule is O=C(NC1CC1)OCC(F)(F)F. The molecule has 1 aliphatic rings. The van der Waals surface area contributed by atoms with Crippen LogP contribution in [0.3, 0.4) is 0 Å². The highest BCUT2D eigenvalue weighted by molar-refractivity contribution is 5.67. The van der Waals surface area contributed by atoms with Gasteiger partial charge in [-0.15, -0.1) is 0 Å². The predicted molar refractivity (Wildman–Crippen MR) is 33.6 cm³/mol. The lowest BCUT2D eigenvalue weighted by Gasteiger charge is -2.07. The number of hydrogen-bond acceptors (Lipinski definition) is 2. The Morgan fingerprint density at radius 2 is 2.08 bits per heavy atom. The Balaban J connectivity index is 2.09. The van der Waals surface area contributed by atoms with Crippen LogP contribution < -0.4 is 5.32 Å². The first-order chi connectivity index (χ1) is 5.47. The lowest BCUT2D eigenvalue weighted by atomic mass is 10.7. The fraction of sp³-hybridized carbons (Fsp3) is 0.833. The van der Waals surface area contributed by atoms with Crippen molar-refractivity contribution in [2.75, 3.05) is 6.61 Å². The van der Waals surface area contributed by atoms with Gasteiger partial charge in [-0.2, -0.15) is 13.2 Å². The summed E-state index contributed by atoms with van der Waals surface area (Å²) in [5.41, 5.74) is 0. The third-order valence-electron chi connectivity index (χ3n) is 1.27. The molecule has 12 heavy (non-hydrogen) atoms. The zero-order chi connectivity index (χ0) is 9.19. The summed E-state index contributed by atoms with van der Waals surface area (Å²) in [6.45, 7) is -1.52. The van der Waals surface area contributed by atoms with Crippen LogP contribution in [0.25, 0.3) is 0 Å². The Hall–Kier alpha value is -0.940. The van der Waals surface area contributed by atoms with Crippen molar-refractivity contribution in [2.45, 2.75) is 25.1 Å². The molecule has 0 atom stereocenters. The molecule has 3 nitrogen and oxygen atoms in total. The molecule has 1 N–H and O–H groups in total. The minimum Gasteiger partial charge on any atom is -0.440 e. The Kier molecular flexibility index (Phi) is 2.44. The van der Waals surface area contributed by atoms with Crippen LogP contribution in [0.5, 0.6) is 0 Å². The maximum absolute atomic E-state index is 11.5. The summed E-state index contributed by atoms with van der Waals surface area (Å²) in [6.07, 6.45) is -3.79. The van der Waals surface area contributed by atoms with E-state index in [1.807, 2.05) is 0 Å². The van der Waals surface area contributed by atoms with E-state index in [4.69, 9.17) is 0 Å². The number of ether oxygens (including phenoxy) is 1. The number of rotatable bonds is 2. The maximum atomic E-state index is 11.5. The number of carbonyl (C=O) groups is 1. The lowest BCUT2D eigenvalue weighted by Crippen LogP contribution is -2.30. The number of alkyl halides is 3. The second-order valence-corrected chi connectivity index (χ2v) is 2.61. The van der Waals surface area contributed by atoms with Gasteiger partial charge in [-0.1, -0.05) is 0 Å². The molecule has 1 rings (SSSR count). The van der Waals surface area contributed by atoms with Gasteiger partial charge < -0.3 is 10.1 Å². The quantitative estimate of drug-likeness (QED) is 0.703. The molecule has 0 saturated heterocycles. The van der Waals surface area contributed by atoms with Crippen molar-refractivity contribution in [1.82, 2.24) is 5.32 Å². The van der Waals surface area contributed by atoms with Crippen molar-refractivity contribution in [2.24, 2.45) is 0 Å². The molecule has 0 aromatic heterocycles. The Morgan fingerprint density at radius 3 is 2.50 bits per heavy atom. The third kappa shape index (κ3) is 4.05. The molecule has 6 heteroatoms. The van der Waals surface area contributed by atoms with Gasteiger partial charge in [-0.25, -0.2) is 4.79 Å². The van der Waals surface area contributed by atoms with Gasteiger partial charge in [-0.05, 0) is 12.8 Å². The predicted octanol–water partition coefficient (Wildman–Crippen LogP) is 1.44. The summed E-state index contributed by atoms with van der Waals surface area (Å²) in [6, 6.07) is 0.0192. The average molecular weight is 183 g/mol. The lowest BCUT2D eigenvalue weighted by molar-refractivity contribution is -0.160. The Labute approximate surface area is 66.9 Å². The van der Waals surface area contributed by atoms with Gasteiger partial charge in [0.1, 0.15) is 0 Å². The monoisotopic (exact) mass is 183 g/mol. The fourth-order valence-corrected chi connectivity index (χ4v) is 0.583. The van der Waals surface area contributed by atoms with Crippen LogP contribution in [0.15, 0.2) is 0 Å². The van der Waals surface area contributed by atoms with E-state index in [2.05, 4.69) is 10.1 Å². The number of amides is 1. The summed E-state index contributed by atoms with van der Waals surface area (Å²) >= 11 is 0. The van der Waals surface area contributed by atoms with E-state index in [0.29, 0.717) is 0 Å². The van der Waals surface area contributed by atoms with Gasteiger partial charge in [0.05, 0.1) is 0 Å². The van der Waals surface area contributed by atoms with Crippen molar-refractivity contribution in [3.05, 3.63) is 0 Å². The topological polar surface area (TPSA) is 38.3 Å². The highest BCUT2D eigenvalue weighted by Crippen LogP contribution is 2.19. The number of halogens is 3. The normalized spacial score (nSPS) is 17.2. The first-order valence-corrected chi connectivity index (χ1v) is 3.47. The molecule has 70 valence electrons. The first kappa shape index (κ1) is 9.15. The van der Waals surface area contributed by atoms with Gasteiger partial charge in [0.25, 0.3) is 0 Å². The number of alkyl carbamates (subject to hydrolysis) is 1. The van der Waals surface area contributed by atoms with E-state index in [0.717, 1.165) is 12.8 Å². The molecule has 0 spiro atoms. The average Bonchev–Trinajstić information content (AvgIpc) is 2.66. The molecule has 0 unspecified atom stereocenters. The number of hydrogen-bond donors (Lipinski definition) is 1. The van der Waals surface area contributed by atoms with Gasteiger partial charge >= 0.3 is 12.3 Å². The van der Waals surface area contributed by atoms with Crippen molar-refractivity contribution in [3.63, 3.8) is 0 Å². The zero-order valence-electron chi connectivity index (χ0n) is 6.15. The molecular weight excluding hydrogens is 175 g/mol. The summed E-state index contributed by atoms with van der Waals surface area (Å²) in [7, 11) is 0. The smallest absolute Gasteiger partial charge is 0.422 e. The third-order valence-corrected chi connectivity index (χ3v) is 1.27. The summed E-state index contributed by atoms with van der Waals surface area (Å²) in [5, 5.41) is 2.27. The van der Waals surface area contributed by atoms with Crippen LogP contribution in [-0.4, -0.2) is 24.9 Å². The van der Waals surface area contributed by atoms with Gasteiger partial charge in [0.2, 0.25) is 0 Å². The van der Waals surface area contributed by atoms with Crippen molar-refractivity contribution in [1.29, 1.82) is 0 Å². The van der Waals surface area contributed by atoms with Crippen LogP contribution in [0, 0.1) is 0 Å². The molecule has 0 heterocycles. The molecule has 1 aliphatic carbocycles. The Bertz CT molecular complexity index is 176. The molecule has 1 saturated carbocycles. The van der Waals surface area contributed by atoms with E-state index in [9.17, 15) is 18.0 Å². The van der Waals surface area contributed by atoms with E-state index in [1.165, 1.54) is 0 Å². The molecule has 0 aliphatic heterocycles. The van der Waals surface area contributed by atoms with Gasteiger partial charge in [0, 0.05) is 6.04 Å². The molecular formula is C6H8F3NO2. The fourth-order valence-electron chi connectivity index (χ4n) is 0.583. The van der Waals surface area contributed by atoms with Crippen LogP contribution in [0.1, 0.15) is 12.8 Å². The molecule has 0 aromatic rings. The molecule has 0 radical (unpaired) electrons. The molecule has 0 bridgehead atoms. The van der Waals surface area contributed by atoms with Crippen molar-refractivity contribution in [3.8, 4) is 0 Å². The number of nitrogens with one attached hydrogen (secondary N) is 1. The largest absolute Gasteiger partial charge is 0.440 e.